The van der Waals surface area contributed by atoms with Crippen LogP contribution in [0.25, 0.3) is 5.69 Å². The smallest absolute Gasteiger partial charge is 0.253 e. The summed E-state index contributed by atoms with van der Waals surface area (Å²) in [6.45, 7) is 3.54. The SMILES string of the molecule is CC(C)[C@@H](CO)NC(=O)c1cc(F)ccc1-n1cnnn1. The van der Waals surface area contributed by atoms with Gasteiger partial charge in [-0.25, -0.2) is 4.39 Å². The molecule has 1 atom stereocenters. The van der Waals surface area contributed by atoms with E-state index in [-0.39, 0.29) is 18.1 Å². The molecule has 0 aliphatic carbocycles. The van der Waals surface area contributed by atoms with E-state index in [1.54, 1.807) is 0 Å². The van der Waals surface area contributed by atoms with Crippen molar-refractivity contribution < 1.29 is 14.3 Å². The van der Waals surface area contributed by atoms with E-state index in [2.05, 4.69) is 20.8 Å². The summed E-state index contributed by atoms with van der Waals surface area (Å²) in [5, 5.41) is 22.6. The van der Waals surface area contributed by atoms with Crippen LogP contribution in [0.5, 0.6) is 0 Å². The Kier molecular flexibility index (Phi) is 4.59. The molecule has 1 amide bonds. The fourth-order valence-corrected chi connectivity index (χ4v) is 1.83. The molecule has 0 aliphatic rings. The van der Waals surface area contributed by atoms with Gasteiger partial charge in [-0.3, -0.25) is 4.79 Å². The molecule has 1 heterocycles. The third-order valence-corrected chi connectivity index (χ3v) is 3.12. The number of aliphatic hydroxyl groups excluding tert-OH is 1. The number of tetrazole rings is 1. The van der Waals surface area contributed by atoms with Crippen LogP contribution in [-0.2, 0) is 0 Å². The number of nitrogens with zero attached hydrogens (tertiary/aromatic N) is 4. The Balaban J connectivity index is 2.34. The van der Waals surface area contributed by atoms with Gasteiger partial charge in [-0.15, -0.1) is 5.10 Å². The van der Waals surface area contributed by atoms with Crippen molar-refractivity contribution in [1.29, 1.82) is 0 Å². The first-order valence-electron chi connectivity index (χ1n) is 6.47. The number of hydrogen-bond donors (Lipinski definition) is 2. The molecule has 1 aromatic carbocycles. The van der Waals surface area contributed by atoms with Crippen LogP contribution in [0.15, 0.2) is 24.5 Å². The third kappa shape index (κ3) is 3.40. The van der Waals surface area contributed by atoms with Crippen molar-refractivity contribution in [2.24, 2.45) is 5.92 Å². The van der Waals surface area contributed by atoms with Crippen molar-refractivity contribution in [3.8, 4) is 5.69 Å². The molecule has 0 radical (unpaired) electrons. The minimum absolute atomic E-state index is 0.0454. The Morgan fingerprint density at radius 2 is 2.24 bits per heavy atom. The maximum Gasteiger partial charge on any atom is 0.253 e. The van der Waals surface area contributed by atoms with Gasteiger partial charge in [0, 0.05) is 0 Å². The van der Waals surface area contributed by atoms with Crippen LogP contribution in [0.1, 0.15) is 24.2 Å². The summed E-state index contributed by atoms with van der Waals surface area (Å²) >= 11 is 0. The molecule has 8 heteroatoms. The number of carbonyl (C=O) groups excluding carboxylic acids is 1. The predicted molar refractivity (Wildman–Crippen MR) is 72.3 cm³/mol. The molecule has 0 saturated heterocycles. The quantitative estimate of drug-likeness (QED) is 0.839. The Morgan fingerprint density at radius 1 is 1.48 bits per heavy atom. The highest BCUT2D eigenvalue weighted by molar-refractivity contribution is 5.97. The highest BCUT2D eigenvalue weighted by Crippen LogP contribution is 2.15. The number of carbonyl (C=O) groups is 1. The van der Waals surface area contributed by atoms with Crippen LogP contribution >= 0.6 is 0 Å². The van der Waals surface area contributed by atoms with Crippen molar-refractivity contribution in [2.75, 3.05) is 6.61 Å². The van der Waals surface area contributed by atoms with E-state index in [0.29, 0.717) is 5.69 Å². The van der Waals surface area contributed by atoms with Gasteiger partial charge in [-0.05, 0) is 34.5 Å². The Morgan fingerprint density at radius 3 is 2.81 bits per heavy atom. The zero-order valence-corrected chi connectivity index (χ0v) is 11.7. The van der Waals surface area contributed by atoms with E-state index < -0.39 is 17.8 Å². The Labute approximate surface area is 120 Å². The zero-order valence-electron chi connectivity index (χ0n) is 11.7. The molecule has 0 spiro atoms. The third-order valence-electron chi connectivity index (χ3n) is 3.12. The number of halogens is 1. The lowest BCUT2D eigenvalue weighted by Gasteiger charge is -2.20. The van der Waals surface area contributed by atoms with Gasteiger partial charge in [0.25, 0.3) is 5.91 Å². The first kappa shape index (κ1) is 15.0. The summed E-state index contributed by atoms with van der Waals surface area (Å²) in [6.07, 6.45) is 1.32. The molecule has 0 aliphatic heterocycles. The van der Waals surface area contributed by atoms with Gasteiger partial charge < -0.3 is 10.4 Å². The highest BCUT2D eigenvalue weighted by atomic mass is 19.1. The molecule has 2 rings (SSSR count). The second-order valence-corrected chi connectivity index (χ2v) is 4.92. The monoisotopic (exact) mass is 293 g/mol. The normalized spacial score (nSPS) is 12.4. The van der Waals surface area contributed by atoms with Gasteiger partial charge in [0.2, 0.25) is 0 Å². The second kappa shape index (κ2) is 6.40. The minimum Gasteiger partial charge on any atom is -0.394 e. The summed E-state index contributed by atoms with van der Waals surface area (Å²) in [7, 11) is 0. The van der Waals surface area contributed by atoms with Gasteiger partial charge in [0.1, 0.15) is 12.1 Å². The lowest BCUT2D eigenvalue weighted by Crippen LogP contribution is -2.41. The van der Waals surface area contributed by atoms with Crippen molar-refractivity contribution in [1.82, 2.24) is 25.5 Å². The van der Waals surface area contributed by atoms with E-state index in [0.717, 1.165) is 6.07 Å². The number of nitrogens with one attached hydrogen (secondary N) is 1. The summed E-state index contributed by atoms with van der Waals surface area (Å²) in [4.78, 5) is 12.3. The van der Waals surface area contributed by atoms with Gasteiger partial charge in [0.15, 0.2) is 0 Å². The molecule has 1 aromatic heterocycles. The van der Waals surface area contributed by atoms with Crippen LogP contribution in [0.2, 0.25) is 0 Å². The van der Waals surface area contributed by atoms with E-state index in [4.69, 9.17) is 0 Å². The first-order chi connectivity index (χ1) is 10.0. The van der Waals surface area contributed by atoms with Gasteiger partial charge in [-0.1, -0.05) is 13.8 Å². The van der Waals surface area contributed by atoms with Crippen LogP contribution < -0.4 is 5.32 Å². The number of hydrogen-bond acceptors (Lipinski definition) is 5. The predicted octanol–water partition coefficient (Wildman–Crippen LogP) is 0.548. The van der Waals surface area contributed by atoms with E-state index in [1.807, 2.05) is 13.8 Å². The van der Waals surface area contributed by atoms with Crippen LogP contribution in [0.3, 0.4) is 0 Å². The molecule has 0 saturated carbocycles. The van der Waals surface area contributed by atoms with Crippen molar-refractivity contribution >= 4 is 5.91 Å². The van der Waals surface area contributed by atoms with Gasteiger partial charge >= 0.3 is 0 Å². The minimum atomic E-state index is -0.540. The first-order valence-corrected chi connectivity index (χ1v) is 6.47. The van der Waals surface area contributed by atoms with Crippen LogP contribution in [0.4, 0.5) is 4.39 Å². The molecule has 7 nitrogen and oxygen atoms in total. The molecule has 0 fully saturated rings. The van der Waals surface area contributed by atoms with Gasteiger partial charge in [0.05, 0.1) is 23.9 Å². The second-order valence-electron chi connectivity index (χ2n) is 4.92. The van der Waals surface area contributed by atoms with E-state index >= 15 is 0 Å². The average Bonchev–Trinajstić information content (AvgIpc) is 2.98. The van der Waals surface area contributed by atoms with Crippen molar-refractivity contribution in [3.63, 3.8) is 0 Å². The number of benzene rings is 1. The van der Waals surface area contributed by atoms with Crippen LogP contribution in [0, 0.1) is 11.7 Å². The summed E-state index contributed by atoms with van der Waals surface area (Å²) in [6, 6.07) is 3.34. The maximum absolute atomic E-state index is 13.4. The van der Waals surface area contributed by atoms with E-state index in [1.165, 1.54) is 23.1 Å². The zero-order chi connectivity index (χ0) is 15.4. The summed E-state index contributed by atoms with van der Waals surface area (Å²) in [5.74, 6) is -0.987. The Bertz CT molecular complexity index is 615. The lowest BCUT2D eigenvalue weighted by atomic mass is 10.0. The molecule has 2 N–H and O–H groups in total. The highest BCUT2D eigenvalue weighted by Gasteiger charge is 2.20. The topological polar surface area (TPSA) is 92.9 Å². The Hall–Kier alpha value is -2.35. The summed E-state index contributed by atoms with van der Waals surface area (Å²) in [5.41, 5.74) is 0.459. The molecular weight excluding hydrogens is 277 g/mol. The molecular formula is C13H16FN5O2. The molecule has 2 aromatic rings. The maximum atomic E-state index is 13.4. The molecule has 0 bridgehead atoms. The average molecular weight is 293 g/mol. The summed E-state index contributed by atoms with van der Waals surface area (Å²) < 4.78 is 14.7. The lowest BCUT2D eigenvalue weighted by molar-refractivity contribution is 0.0896. The fourth-order valence-electron chi connectivity index (χ4n) is 1.83. The number of rotatable bonds is 5. The number of aliphatic hydroxyl groups is 1. The largest absolute Gasteiger partial charge is 0.394 e. The van der Waals surface area contributed by atoms with Crippen LogP contribution in [-0.4, -0.2) is 43.9 Å². The standard InChI is InChI=1S/C13H16FN5O2/c1-8(2)11(6-20)16-13(21)10-5-9(14)3-4-12(10)19-7-15-17-18-19/h3-5,7-8,11,20H,6H2,1-2H3,(H,16,21)/t11-/m1/s1. The molecule has 21 heavy (non-hydrogen) atoms. The van der Waals surface area contributed by atoms with E-state index in [9.17, 15) is 14.3 Å². The molecule has 112 valence electrons. The van der Waals surface area contributed by atoms with Gasteiger partial charge in [-0.2, -0.15) is 4.68 Å². The van der Waals surface area contributed by atoms with Crippen molar-refractivity contribution in [2.45, 2.75) is 19.9 Å². The number of amides is 1. The molecule has 0 unspecified atom stereocenters. The van der Waals surface area contributed by atoms with Crippen molar-refractivity contribution in [3.05, 3.63) is 35.9 Å². The number of aromatic nitrogens is 4. The fraction of sp³-hybridized carbons (Fsp3) is 0.385.